The van der Waals surface area contributed by atoms with Gasteiger partial charge in [-0.3, -0.25) is 9.59 Å². The highest BCUT2D eigenvalue weighted by Crippen LogP contribution is 2.23. The Kier molecular flexibility index (Phi) is 10.7. The number of carbonyl (C=O) groups excluding carboxylic acids is 2. The summed E-state index contributed by atoms with van der Waals surface area (Å²) in [5.41, 5.74) is 1.81. The van der Waals surface area contributed by atoms with Crippen LogP contribution >= 0.6 is 35.0 Å². The van der Waals surface area contributed by atoms with Crippen LogP contribution in [-0.4, -0.2) is 35.1 Å². The van der Waals surface area contributed by atoms with Gasteiger partial charge >= 0.3 is 0 Å². The Morgan fingerprint density at radius 3 is 2.13 bits per heavy atom. The molecule has 0 unspecified atom stereocenters. The van der Waals surface area contributed by atoms with Crippen molar-refractivity contribution in [2.24, 2.45) is 5.92 Å². The third-order valence-corrected chi connectivity index (χ3v) is 6.51. The second kappa shape index (κ2) is 13.0. The van der Waals surface area contributed by atoms with E-state index in [9.17, 15) is 9.59 Å². The molecule has 0 saturated carbocycles. The molecule has 0 aliphatic rings. The van der Waals surface area contributed by atoms with E-state index in [1.165, 1.54) is 11.8 Å². The molecule has 31 heavy (non-hydrogen) atoms. The molecule has 2 aromatic carbocycles. The highest BCUT2D eigenvalue weighted by atomic mass is 35.5. The van der Waals surface area contributed by atoms with Crippen molar-refractivity contribution < 1.29 is 9.59 Å². The van der Waals surface area contributed by atoms with Crippen molar-refractivity contribution in [3.8, 4) is 0 Å². The highest BCUT2D eigenvalue weighted by Gasteiger charge is 2.29. The van der Waals surface area contributed by atoms with Crippen LogP contribution in [0.15, 0.2) is 48.5 Å². The van der Waals surface area contributed by atoms with Crippen molar-refractivity contribution >= 4 is 46.8 Å². The molecule has 0 aliphatic carbocycles. The van der Waals surface area contributed by atoms with Gasteiger partial charge in [-0.15, -0.1) is 11.8 Å². The molecule has 168 valence electrons. The number of hydrogen-bond acceptors (Lipinski definition) is 3. The first-order valence-corrected chi connectivity index (χ1v) is 12.4. The SMILES string of the molecule is CC[C@H](C(=O)NCC(C)C)N(Cc1ccccc1Cl)C(=O)CSCc1ccccc1Cl. The van der Waals surface area contributed by atoms with Crippen molar-refractivity contribution in [3.05, 3.63) is 69.7 Å². The first-order chi connectivity index (χ1) is 14.8. The fraction of sp³-hybridized carbons (Fsp3) is 0.417. The van der Waals surface area contributed by atoms with Gasteiger partial charge in [0, 0.05) is 28.9 Å². The predicted octanol–water partition coefficient (Wildman–Crippen LogP) is 5.81. The molecule has 0 aliphatic heterocycles. The first-order valence-electron chi connectivity index (χ1n) is 10.4. The van der Waals surface area contributed by atoms with Gasteiger partial charge in [0.2, 0.25) is 11.8 Å². The first kappa shape index (κ1) is 25.6. The van der Waals surface area contributed by atoms with Crippen LogP contribution in [0, 0.1) is 5.92 Å². The largest absolute Gasteiger partial charge is 0.354 e. The summed E-state index contributed by atoms with van der Waals surface area (Å²) in [6.07, 6.45) is 0.523. The third kappa shape index (κ3) is 8.06. The standard InChI is InChI=1S/C24H30Cl2N2O2S/c1-4-22(24(30)27-13-17(2)3)28(14-18-9-5-7-11-20(18)25)23(29)16-31-15-19-10-6-8-12-21(19)26/h5-12,17,22H,4,13-16H2,1-3H3,(H,27,30)/t22-/m1/s1. The fourth-order valence-corrected chi connectivity index (χ4v) is 4.49. The molecular formula is C24H30Cl2N2O2S. The molecule has 2 aromatic rings. The number of nitrogens with one attached hydrogen (secondary N) is 1. The summed E-state index contributed by atoms with van der Waals surface area (Å²) < 4.78 is 0. The quantitative estimate of drug-likeness (QED) is 0.441. The van der Waals surface area contributed by atoms with Gasteiger partial charge in [0.25, 0.3) is 0 Å². The number of halogens is 2. The maximum Gasteiger partial charge on any atom is 0.242 e. The maximum absolute atomic E-state index is 13.2. The van der Waals surface area contributed by atoms with Crippen molar-refractivity contribution in [1.29, 1.82) is 0 Å². The Morgan fingerprint density at radius 2 is 1.58 bits per heavy atom. The summed E-state index contributed by atoms with van der Waals surface area (Å²) in [7, 11) is 0. The van der Waals surface area contributed by atoms with Crippen LogP contribution in [0.25, 0.3) is 0 Å². The van der Waals surface area contributed by atoms with Gasteiger partial charge in [0.05, 0.1) is 5.75 Å². The van der Waals surface area contributed by atoms with Crippen LogP contribution in [0.1, 0.15) is 38.3 Å². The Balaban J connectivity index is 2.14. The summed E-state index contributed by atoms with van der Waals surface area (Å²) in [6.45, 7) is 6.87. The zero-order valence-electron chi connectivity index (χ0n) is 18.2. The van der Waals surface area contributed by atoms with E-state index in [1.807, 2.05) is 63.2 Å². The normalized spacial score (nSPS) is 11.9. The molecule has 0 spiro atoms. The minimum atomic E-state index is -0.552. The zero-order valence-corrected chi connectivity index (χ0v) is 20.6. The van der Waals surface area contributed by atoms with Crippen LogP contribution in [0.5, 0.6) is 0 Å². The Labute approximate surface area is 199 Å². The number of thioether (sulfide) groups is 1. The summed E-state index contributed by atoms with van der Waals surface area (Å²) in [6, 6.07) is 14.5. The van der Waals surface area contributed by atoms with Crippen LogP contribution in [0.3, 0.4) is 0 Å². The second-order valence-corrected chi connectivity index (χ2v) is 9.56. The zero-order chi connectivity index (χ0) is 22.8. The van der Waals surface area contributed by atoms with E-state index >= 15 is 0 Å². The van der Waals surface area contributed by atoms with E-state index in [-0.39, 0.29) is 17.6 Å². The fourth-order valence-electron chi connectivity index (χ4n) is 3.10. The topological polar surface area (TPSA) is 49.4 Å². The molecule has 2 amide bonds. The minimum Gasteiger partial charge on any atom is -0.354 e. The van der Waals surface area contributed by atoms with Gasteiger partial charge in [-0.25, -0.2) is 0 Å². The Hall–Kier alpha value is -1.69. The molecule has 0 bridgehead atoms. The van der Waals surface area contributed by atoms with Gasteiger partial charge < -0.3 is 10.2 Å². The van der Waals surface area contributed by atoms with Crippen molar-refractivity contribution in [1.82, 2.24) is 10.2 Å². The van der Waals surface area contributed by atoms with Gasteiger partial charge in [0.15, 0.2) is 0 Å². The lowest BCUT2D eigenvalue weighted by Gasteiger charge is -2.31. The summed E-state index contributed by atoms with van der Waals surface area (Å²) in [5, 5.41) is 4.24. The van der Waals surface area contributed by atoms with Gasteiger partial charge in [-0.2, -0.15) is 0 Å². The summed E-state index contributed by atoms with van der Waals surface area (Å²) >= 11 is 14.1. The van der Waals surface area contributed by atoms with E-state index < -0.39 is 6.04 Å². The van der Waals surface area contributed by atoms with Crippen LogP contribution in [0.4, 0.5) is 0 Å². The Morgan fingerprint density at radius 1 is 1.00 bits per heavy atom. The number of benzene rings is 2. The van der Waals surface area contributed by atoms with Crippen molar-refractivity contribution in [3.63, 3.8) is 0 Å². The molecule has 7 heteroatoms. The number of amides is 2. The van der Waals surface area contributed by atoms with Crippen LogP contribution < -0.4 is 5.32 Å². The van der Waals surface area contributed by atoms with Gasteiger partial charge in [-0.1, -0.05) is 80.4 Å². The van der Waals surface area contributed by atoms with Crippen LogP contribution in [0.2, 0.25) is 10.0 Å². The average Bonchev–Trinajstić information content (AvgIpc) is 2.74. The van der Waals surface area contributed by atoms with Crippen LogP contribution in [-0.2, 0) is 21.9 Å². The molecule has 0 saturated heterocycles. The van der Waals surface area contributed by atoms with E-state index in [2.05, 4.69) is 5.32 Å². The number of hydrogen-bond donors (Lipinski definition) is 1. The van der Waals surface area contributed by atoms with Gasteiger partial charge in [0.1, 0.15) is 6.04 Å². The average molecular weight is 481 g/mol. The molecule has 0 radical (unpaired) electrons. The predicted molar refractivity (Wildman–Crippen MR) is 132 cm³/mol. The maximum atomic E-state index is 13.2. The lowest BCUT2D eigenvalue weighted by Crippen LogP contribution is -2.50. The summed E-state index contributed by atoms with van der Waals surface area (Å²) in [4.78, 5) is 27.8. The van der Waals surface area contributed by atoms with E-state index in [1.54, 1.807) is 11.0 Å². The molecule has 4 nitrogen and oxygen atoms in total. The molecule has 0 fully saturated rings. The molecule has 2 rings (SSSR count). The summed E-state index contributed by atoms with van der Waals surface area (Å²) in [5.74, 6) is 0.988. The van der Waals surface area contributed by atoms with E-state index in [4.69, 9.17) is 23.2 Å². The molecule has 1 atom stereocenters. The lowest BCUT2D eigenvalue weighted by atomic mass is 10.1. The smallest absolute Gasteiger partial charge is 0.242 e. The minimum absolute atomic E-state index is 0.0940. The molecule has 0 heterocycles. The lowest BCUT2D eigenvalue weighted by molar-refractivity contribution is -0.139. The van der Waals surface area contributed by atoms with E-state index in [0.717, 1.165) is 11.1 Å². The molecule has 0 aromatic heterocycles. The number of nitrogens with zero attached hydrogens (tertiary/aromatic N) is 1. The molecule has 1 N–H and O–H groups in total. The Bertz CT molecular complexity index is 876. The third-order valence-electron chi connectivity index (χ3n) is 4.81. The monoisotopic (exact) mass is 480 g/mol. The highest BCUT2D eigenvalue weighted by molar-refractivity contribution is 7.99. The van der Waals surface area contributed by atoms with Gasteiger partial charge in [-0.05, 0) is 35.6 Å². The number of carbonyl (C=O) groups is 2. The molecular weight excluding hydrogens is 451 g/mol. The van der Waals surface area contributed by atoms with Crippen molar-refractivity contribution in [2.75, 3.05) is 12.3 Å². The number of rotatable bonds is 11. The second-order valence-electron chi connectivity index (χ2n) is 7.76. The van der Waals surface area contributed by atoms with Crippen molar-refractivity contribution in [2.45, 2.75) is 45.5 Å². The van der Waals surface area contributed by atoms with E-state index in [0.29, 0.717) is 41.2 Å².